The second kappa shape index (κ2) is 71.6. The Balaban J connectivity index is 5.36. The normalized spacial score (nSPS) is 14.4. The summed E-state index contributed by atoms with van der Waals surface area (Å²) in [5.74, 6) is -2.21. The highest BCUT2D eigenvalue weighted by Gasteiger charge is 2.30. The first-order chi connectivity index (χ1) is 47.7. The highest BCUT2D eigenvalue weighted by atomic mass is 31.2. The van der Waals surface area contributed by atoms with E-state index in [-0.39, 0.29) is 25.7 Å². The summed E-state index contributed by atoms with van der Waals surface area (Å²) in [5, 5.41) is 10.6. The molecule has 0 aliphatic carbocycles. The van der Waals surface area contributed by atoms with E-state index in [1.54, 1.807) is 0 Å². The van der Waals surface area contributed by atoms with Crippen LogP contribution in [0, 0.1) is 0 Å². The van der Waals surface area contributed by atoms with Gasteiger partial charge in [0.25, 0.3) is 0 Å². The minimum Gasteiger partial charge on any atom is -0.462 e. The number of carbonyl (C=O) groups is 4. The number of phosphoric acid groups is 2. The summed E-state index contributed by atoms with van der Waals surface area (Å²) in [4.78, 5) is 72.9. The lowest BCUT2D eigenvalue weighted by molar-refractivity contribution is -0.161. The zero-order valence-corrected chi connectivity index (χ0v) is 63.7. The van der Waals surface area contributed by atoms with Gasteiger partial charge in [-0.3, -0.25) is 37.3 Å². The largest absolute Gasteiger partial charge is 0.472 e. The second-order valence-corrected chi connectivity index (χ2v) is 28.8. The Morgan fingerprint density at radius 1 is 0.296 bits per heavy atom. The molecule has 5 unspecified atom stereocenters. The Labute approximate surface area is 595 Å². The van der Waals surface area contributed by atoms with Crippen LogP contribution < -0.4 is 0 Å². The van der Waals surface area contributed by atoms with Crippen molar-refractivity contribution >= 4 is 39.5 Å². The van der Waals surface area contributed by atoms with Crippen molar-refractivity contribution in [3.8, 4) is 0 Å². The summed E-state index contributed by atoms with van der Waals surface area (Å²) in [6.45, 7) is 4.70. The molecule has 0 aliphatic heterocycles. The molecule has 0 heterocycles. The molecule has 0 bridgehead atoms. The average molecular weight is 1420 g/mol. The Kier molecular flexibility index (Phi) is 68.9. The van der Waals surface area contributed by atoms with Gasteiger partial charge in [-0.05, 0) is 141 Å². The van der Waals surface area contributed by atoms with Crippen LogP contribution in [0.1, 0.15) is 336 Å². The van der Waals surface area contributed by atoms with Crippen LogP contribution in [0.5, 0.6) is 0 Å². The number of aliphatic hydroxyl groups is 1. The van der Waals surface area contributed by atoms with E-state index < -0.39 is 97.5 Å². The number of unbranched alkanes of at least 4 members (excludes halogenated alkanes) is 33. The maximum Gasteiger partial charge on any atom is 0.472 e. The molecule has 5 atom stereocenters. The van der Waals surface area contributed by atoms with E-state index in [2.05, 4.69) is 113 Å². The zero-order valence-electron chi connectivity index (χ0n) is 62.0. The first kappa shape index (κ1) is 94.2. The van der Waals surface area contributed by atoms with Crippen LogP contribution in [-0.2, 0) is 65.4 Å². The number of esters is 4. The SMILES string of the molecule is CC/C=C\C/C=C\C/C=C\CCCCCCCC(=O)OCC(COP(=O)(O)OCC(O)COP(=O)(O)OCC(COC(=O)CCCCCCC/C=C\C/C=C\CCCCC)OC(=O)CCCCCCC/C=C\CCCCCC)OC(=O)CCCCCCC/C=C\CCCCCCCC. The van der Waals surface area contributed by atoms with Crippen molar-refractivity contribution < 1.29 is 80.2 Å². The van der Waals surface area contributed by atoms with Gasteiger partial charge in [0.15, 0.2) is 12.2 Å². The van der Waals surface area contributed by atoms with Crippen molar-refractivity contribution in [3.63, 3.8) is 0 Å². The van der Waals surface area contributed by atoms with Crippen LogP contribution in [0.4, 0.5) is 0 Å². The van der Waals surface area contributed by atoms with E-state index in [0.717, 1.165) is 173 Å². The van der Waals surface area contributed by atoms with Gasteiger partial charge in [0.1, 0.15) is 19.3 Å². The summed E-state index contributed by atoms with van der Waals surface area (Å²) >= 11 is 0. The monoisotopic (exact) mass is 1420 g/mol. The number of aliphatic hydroxyl groups excluding tert-OH is 1. The molecule has 3 N–H and O–H groups in total. The van der Waals surface area contributed by atoms with Gasteiger partial charge in [-0.15, -0.1) is 0 Å². The van der Waals surface area contributed by atoms with E-state index in [1.165, 1.54) is 83.5 Å². The van der Waals surface area contributed by atoms with Crippen molar-refractivity contribution in [1.82, 2.24) is 0 Å². The Morgan fingerprint density at radius 3 is 0.857 bits per heavy atom. The lowest BCUT2D eigenvalue weighted by atomic mass is 10.1. The van der Waals surface area contributed by atoms with E-state index in [4.69, 9.17) is 37.0 Å². The number of carbonyl (C=O) groups excluding carboxylic acids is 4. The number of allylic oxidation sites excluding steroid dienone is 14. The van der Waals surface area contributed by atoms with Crippen LogP contribution in [0.3, 0.4) is 0 Å². The number of hydrogen-bond acceptors (Lipinski definition) is 15. The molecule has 0 aromatic heterocycles. The van der Waals surface area contributed by atoms with Crippen molar-refractivity contribution in [3.05, 3.63) is 85.1 Å². The van der Waals surface area contributed by atoms with Crippen molar-refractivity contribution in [1.29, 1.82) is 0 Å². The summed E-state index contributed by atoms with van der Waals surface area (Å²) in [6, 6.07) is 0. The lowest BCUT2D eigenvalue weighted by Gasteiger charge is -2.21. The molecule has 0 aromatic carbocycles. The van der Waals surface area contributed by atoms with Crippen LogP contribution in [-0.4, -0.2) is 96.7 Å². The van der Waals surface area contributed by atoms with Gasteiger partial charge in [-0.1, -0.05) is 254 Å². The minimum absolute atomic E-state index is 0.0822. The Hall–Kier alpha value is -3.76. The first-order valence-electron chi connectivity index (χ1n) is 38.8. The molecule has 0 fully saturated rings. The quantitative estimate of drug-likeness (QED) is 0.0169. The molecule has 0 rings (SSSR count). The summed E-state index contributed by atoms with van der Waals surface area (Å²) in [6.07, 6.45) is 72.8. The van der Waals surface area contributed by atoms with E-state index in [1.807, 2.05) is 0 Å². The maximum atomic E-state index is 13.1. The maximum absolute atomic E-state index is 13.1. The second-order valence-electron chi connectivity index (χ2n) is 25.9. The smallest absolute Gasteiger partial charge is 0.462 e. The van der Waals surface area contributed by atoms with Crippen LogP contribution in [0.15, 0.2) is 85.1 Å². The summed E-state index contributed by atoms with van der Waals surface area (Å²) in [7, 11) is -9.95. The number of ether oxygens (including phenoxy) is 4. The van der Waals surface area contributed by atoms with Gasteiger partial charge in [0.05, 0.1) is 26.4 Å². The molecule has 0 amide bonds. The standard InChI is InChI=1S/C79H140O17P2/c1-5-9-13-17-21-25-29-33-36-40-43-47-51-55-59-63-76(81)89-69-74(95-78(83)65-61-57-53-49-45-39-32-28-24-20-16-12-8-4)71-93-97(85,86)91-67-73(80)68-92-98(87,88)94-72-75(96-79(84)66-62-58-54-50-46-42-38-35-31-27-23-19-15-11-7-3)70-90-77(82)64-60-56-52-48-44-41-37-34-30-26-22-18-14-10-6-2/h10,14,21-22,25-26,28,32-38,73-75,80H,5-9,11-13,15-20,23-24,27,29-31,39-72H2,1-4H3,(H,85,86)(H,87,88)/b14-10-,25-21-,26-22-,32-28-,36-33-,37-34-,38-35-. The molecule has 0 saturated heterocycles. The number of phosphoric ester groups is 2. The van der Waals surface area contributed by atoms with Crippen molar-refractivity contribution in [2.75, 3.05) is 39.6 Å². The van der Waals surface area contributed by atoms with Crippen molar-refractivity contribution in [2.45, 2.75) is 354 Å². The zero-order chi connectivity index (χ0) is 71.8. The van der Waals surface area contributed by atoms with Gasteiger partial charge in [-0.2, -0.15) is 0 Å². The van der Waals surface area contributed by atoms with Gasteiger partial charge in [0.2, 0.25) is 0 Å². The molecule has 98 heavy (non-hydrogen) atoms. The van der Waals surface area contributed by atoms with Crippen LogP contribution >= 0.6 is 15.6 Å². The summed E-state index contributed by atoms with van der Waals surface area (Å²) < 4.78 is 68.5. The lowest BCUT2D eigenvalue weighted by Crippen LogP contribution is -2.30. The fourth-order valence-electron chi connectivity index (χ4n) is 10.4. The first-order valence-corrected chi connectivity index (χ1v) is 41.8. The molecule has 568 valence electrons. The predicted molar refractivity (Wildman–Crippen MR) is 399 cm³/mol. The minimum atomic E-state index is -4.98. The molecule has 17 nitrogen and oxygen atoms in total. The fraction of sp³-hybridized carbons (Fsp3) is 0.772. The highest BCUT2D eigenvalue weighted by molar-refractivity contribution is 7.47. The molecular formula is C79H140O17P2. The van der Waals surface area contributed by atoms with Gasteiger partial charge < -0.3 is 33.8 Å². The van der Waals surface area contributed by atoms with Crippen LogP contribution in [0.25, 0.3) is 0 Å². The molecule has 0 spiro atoms. The fourth-order valence-corrected chi connectivity index (χ4v) is 12.0. The molecule has 19 heteroatoms. The van der Waals surface area contributed by atoms with E-state index in [9.17, 15) is 43.2 Å². The topological polar surface area (TPSA) is 237 Å². The predicted octanol–water partition coefficient (Wildman–Crippen LogP) is 22.2. The van der Waals surface area contributed by atoms with Gasteiger partial charge in [0, 0.05) is 25.7 Å². The third-order valence-electron chi connectivity index (χ3n) is 16.3. The van der Waals surface area contributed by atoms with Crippen LogP contribution in [0.2, 0.25) is 0 Å². The van der Waals surface area contributed by atoms with E-state index >= 15 is 0 Å². The van der Waals surface area contributed by atoms with Gasteiger partial charge >= 0.3 is 39.5 Å². The Morgan fingerprint density at radius 2 is 0.531 bits per heavy atom. The third-order valence-corrected chi connectivity index (χ3v) is 18.2. The number of rotatable bonds is 73. The van der Waals surface area contributed by atoms with E-state index in [0.29, 0.717) is 25.7 Å². The van der Waals surface area contributed by atoms with Gasteiger partial charge in [-0.25, -0.2) is 9.13 Å². The molecule has 0 aromatic rings. The molecule has 0 radical (unpaired) electrons. The molecular weight excluding hydrogens is 1280 g/mol. The average Bonchev–Trinajstić information content (AvgIpc) is 1.04. The molecule has 0 saturated carbocycles. The highest BCUT2D eigenvalue weighted by Crippen LogP contribution is 2.45. The number of hydrogen-bond donors (Lipinski definition) is 3. The Bertz CT molecular complexity index is 2190. The summed E-state index contributed by atoms with van der Waals surface area (Å²) in [5.41, 5.74) is 0. The third kappa shape index (κ3) is 70.7. The molecule has 0 aliphatic rings. The van der Waals surface area contributed by atoms with Crippen molar-refractivity contribution in [2.24, 2.45) is 0 Å².